The summed E-state index contributed by atoms with van der Waals surface area (Å²) in [6.45, 7) is 1.41. The van der Waals surface area contributed by atoms with Gasteiger partial charge in [-0.15, -0.1) is 0 Å². The number of carbonyl (C=O) groups excluding carboxylic acids is 1. The largest absolute Gasteiger partial charge is 0.453 e. The zero-order valence-corrected chi connectivity index (χ0v) is 16.6. The van der Waals surface area contributed by atoms with Crippen molar-refractivity contribution in [3.05, 3.63) is 60.7 Å². The Labute approximate surface area is 165 Å². The van der Waals surface area contributed by atoms with Crippen molar-refractivity contribution in [3.63, 3.8) is 0 Å². The van der Waals surface area contributed by atoms with E-state index in [1.54, 1.807) is 29.2 Å². The van der Waals surface area contributed by atoms with Crippen LogP contribution in [-0.2, 0) is 9.36 Å². The molecule has 2 aliphatic heterocycles. The van der Waals surface area contributed by atoms with E-state index in [4.69, 9.17) is 9.05 Å². The third kappa shape index (κ3) is 4.08. The molecule has 0 saturated carbocycles. The lowest BCUT2D eigenvalue weighted by Crippen LogP contribution is -2.46. The van der Waals surface area contributed by atoms with Crippen molar-refractivity contribution in [2.75, 3.05) is 13.1 Å². The number of hydrogen-bond donors (Lipinski definition) is 1. The van der Waals surface area contributed by atoms with Gasteiger partial charge in [0.15, 0.2) is 5.78 Å². The first-order valence-electron chi connectivity index (χ1n) is 9.79. The van der Waals surface area contributed by atoms with Gasteiger partial charge in [0.25, 0.3) is 0 Å². The second-order valence-electron chi connectivity index (χ2n) is 7.15. The summed E-state index contributed by atoms with van der Waals surface area (Å²) < 4.78 is 25.9. The number of benzene rings is 2. The summed E-state index contributed by atoms with van der Waals surface area (Å²) in [6.07, 6.45) is 3.16. The molecule has 2 aromatic rings. The molecule has 2 atom stereocenters. The van der Waals surface area contributed by atoms with Crippen LogP contribution >= 0.6 is 7.60 Å². The summed E-state index contributed by atoms with van der Waals surface area (Å²) in [5, 5.41) is 3.24. The average molecular weight is 400 g/mol. The molecule has 7 heteroatoms. The Balaban J connectivity index is 1.63. The highest BCUT2D eigenvalue weighted by Crippen LogP contribution is 2.57. The maximum atomic E-state index is 14.0. The molecule has 4 rings (SSSR count). The monoisotopic (exact) mass is 400 g/mol. The molecule has 0 spiro atoms. The molecular weight excluding hydrogens is 375 g/mol. The highest BCUT2D eigenvalue weighted by molar-refractivity contribution is 7.55. The fraction of sp³-hybridized carbons (Fsp3) is 0.381. The smallest absolute Gasteiger partial charge is 0.415 e. The number of hydrogen-bond acceptors (Lipinski definition) is 5. The normalized spacial score (nSPS) is 22.2. The summed E-state index contributed by atoms with van der Waals surface area (Å²) in [7, 11) is -3.68. The maximum absolute atomic E-state index is 14.0. The van der Waals surface area contributed by atoms with Crippen LogP contribution < -0.4 is 14.4 Å². The van der Waals surface area contributed by atoms with Crippen molar-refractivity contribution in [3.8, 4) is 11.5 Å². The summed E-state index contributed by atoms with van der Waals surface area (Å²) >= 11 is 0. The first-order valence-corrected chi connectivity index (χ1v) is 11.4. The number of para-hydroxylation sites is 2. The molecular formula is C21H25N2O4P. The molecule has 1 unspecified atom stereocenters. The highest BCUT2D eigenvalue weighted by atomic mass is 31.2. The van der Waals surface area contributed by atoms with Crippen LogP contribution in [0.25, 0.3) is 0 Å². The maximum Gasteiger partial charge on any atom is 0.453 e. The Bertz CT molecular complexity index is 794. The zero-order chi connectivity index (χ0) is 19.4. The van der Waals surface area contributed by atoms with Gasteiger partial charge in [-0.3, -0.25) is 4.79 Å². The van der Waals surface area contributed by atoms with Gasteiger partial charge in [0.2, 0.25) is 5.91 Å². The predicted molar refractivity (Wildman–Crippen MR) is 108 cm³/mol. The summed E-state index contributed by atoms with van der Waals surface area (Å²) in [4.78, 5) is 14.7. The molecule has 0 aromatic heterocycles. The van der Waals surface area contributed by atoms with Gasteiger partial charge in [-0.25, -0.2) is 4.57 Å². The van der Waals surface area contributed by atoms with E-state index in [0.29, 0.717) is 24.5 Å². The number of likely N-dealkylation sites (tertiary alicyclic amines) is 1. The Morgan fingerprint density at radius 1 is 0.929 bits per heavy atom. The molecule has 0 aliphatic carbocycles. The van der Waals surface area contributed by atoms with E-state index in [2.05, 4.69) is 5.32 Å². The van der Waals surface area contributed by atoms with Gasteiger partial charge < -0.3 is 19.3 Å². The minimum atomic E-state index is -3.68. The van der Waals surface area contributed by atoms with Gasteiger partial charge in [0, 0.05) is 6.54 Å². The highest BCUT2D eigenvalue weighted by Gasteiger charge is 2.48. The minimum absolute atomic E-state index is 0.00597. The van der Waals surface area contributed by atoms with Crippen molar-refractivity contribution in [2.45, 2.75) is 37.5 Å². The topological polar surface area (TPSA) is 67.9 Å². The van der Waals surface area contributed by atoms with E-state index in [0.717, 1.165) is 25.8 Å². The van der Waals surface area contributed by atoms with Crippen LogP contribution in [0.15, 0.2) is 60.7 Å². The van der Waals surface area contributed by atoms with Crippen LogP contribution in [0.3, 0.4) is 0 Å². The summed E-state index contributed by atoms with van der Waals surface area (Å²) in [5.74, 6) is 0.344. The first-order chi connectivity index (χ1) is 13.7. The SMILES string of the molecule is O=C([C@H]1CCCN1)N1CCCC1P(=O)(Oc1ccccc1)Oc1ccccc1. The third-order valence-corrected chi connectivity index (χ3v) is 7.38. The average Bonchev–Trinajstić information content (AvgIpc) is 3.41. The van der Waals surface area contributed by atoms with E-state index in [1.165, 1.54) is 0 Å². The van der Waals surface area contributed by atoms with E-state index in [-0.39, 0.29) is 11.9 Å². The predicted octanol–water partition coefficient (Wildman–Crippen LogP) is 4.04. The molecule has 2 fully saturated rings. The second-order valence-corrected chi connectivity index (χ2v) is 9.19. The van der Waals surface area contributed by atoms with Gasteiger partial charge in [0.1, 0.15) is 11.5 Å². The van der Waals surface area contributed by atoms with E-state index < -0.39 is 13.4 Å². The minimum Gasteiger partial charge on any atom is -0.415 e. The lowest BCUT2D eigenvalue weighted by molar-refractivity contribution is -0.132. The van der Waals surface area contributed by atoms with Gasteiger partial charge in [-0.1, -0.05) is 36.4 Å². The molecule has 2 saturated heterocycles. The van der Waals surface area contributed by atoms with Gasteiger partial charge >= 0.3 is 7.60 Å². The van der Waals surface area contributed by atoms with E-state index in [1.807, 2.05) is 36.4 Å². The molecule has 2 aliphatic rings. The van der Waals surface area contributed by atoms with Crippen LogP contribution in [0.1, 0.15) is 25.7 Å². The van der Waals surface area contributed by atoms with Crippen LogP contribution in [0.5, 0.6) is 11.5 Å². The third-order valence-electron chi connectivity index (χ3n) is 5.18. The van der Waals surface area contributed by atoms with E-state index >= 15 is 0 Å². The van der Waals surface area contributed by atoms with Crippen LogP contribution in [0.4, 0.5) is 0 Å². The van der Waals surface area contributed by atoms with Crippen molar-refractivity contribution >= 4 is 13.5 Å². The molecule has 6 nitrogen and oxygen atoms in total. The van der Waals surface area contributed by atoms with Crippen molar-refractivity contribution < 1.29 is 18.4 Å². The molecule has 148 valence electrons. The molecule has 2 aromatic carbocycles. The fourth-order valence-electron chi connectivity index (χ4n) is 3.83. The molecule has 2 heterocycles. The Morgan fingerprint density at radius 2 is 1.54 bits per heavy atom. The van der Waals surface area contributed by atoms with Gasteiger partial charge in [-0.2, -0.15) is 0 Å². The molecule has 1 amide bonds. The number of nitrogens with one attached hydrogen (secondary N) is 1. The first kappa shape index (κ1) is 19.0. The van der Waals surface area contributed by atoms with Crippen molar-refractivity contribution in [1.29, 1.82) is 0 Å². The molecule has 1 N–H and O–H groups in total. The second kappa shape index (κ2) is 8.38. The lowest BCUT2D eigenvalue weighted by Gasteiger charge is -2.32. The van der Waals surface area contributed by atoms with Crippen molar-refractivity contribution in [2.24, 2.45) is 0 Å². The number of rotatable bonds is 6. The molecule has 0 bridgehead atoms. The van der Waals surface area contributed by atoms with Gasteiger partial charge in [0.05, 0.1) is 6.04 Å². The summed E-state index contributed by atoms with van der Waals surface area (Å²) in [5.41, 5.74) is 0. The summed E-state index contributed by atoms with van der Waals surface area (Å²) in [6, 6.07) is 17.8. The fourth-order valence-corrected chi connectivity index (χ4v) is 6.01. The Morgan fingerprint density at radius 3 is 2.07 bits per heavy atom. The van der Waals surface area contributed by atoms with Crippen LogP contribution in [-0.4, -0.2) is 35.7 Å². The van der Waals surface area contributed by atoms with Crippen LogP contribution in [0.2, 0.25) is 0 Å². The Hall–Kier alpha value is -2.30. The lowest BCUT2D eigenvalue weighted by atomic mass is 10.2. The zero-order valence-electron chi connectivity index (χ0n) is 15.7. The quantitative estimate of drug-likeness (QED) is 0.742. The van der Waals surface area contributed by atoms with E-state index in [9.17, 15) is 9.36 Å². The molecule has 28 heavy (non-hydrogen) atoms. The number of carbonyl (C=O) groups is 1. The molecule has 0 radical (unpaired) electrons. The number of nitrogens with zero attached hydrogens (tertiary/aromatic N) is 1. The van der Waals surface area contributed by atoms with Gasteiger partial charge in [-0.05, 0) is 56.5 Å². The number of amides is 1. The Kier molecular flexibility index (Phi) is 5.69. The van der Waals surface area contributed by atoms with Crippen molar-refractivity contribution in [1.82, 2.24) is 10.2 Å². The standard InChI is InChI=1S/C21H25N2O4P/c24-21(19-13-7-15-22-19)23-16-8-14-20(23)28(25,26-17-9-3-1-4-10-17)27-18-11-5-2-6-12-18/h1-6,9-12,19-20,22H,7-8,13-16H2/t19-,20?/m1/s1. The van der Waals surface area contributed by atoms with Crippen LogP contribution in [0, 0.1) is 0 Å².